The van der Waals surface area contributed by atoms with Crippen LogP contribution in [0.15, 0.2) is 46.9 Å². The molecule has 4 rings (SSSR count). The molecule has 0 bridgehead atoms. The van der Waals surface area contributed by atoms with Gasteiger partial charge in [0.1, 0.15) is 0 Å². The Morgan fingerprint density at radius 1 is 1.15 bits per heavy atom. The topological polar surface area (TPSA) is 106 Å². The van der Waals surface area contributed by atoms with Crippen LogP contribution in [0.5, 0.6) is 5.75 Å². The summed E-state index contributed by atoms with van der Waals surface area (Å²) < 4.78 is 5.65. The van der Waals surface area contributed by atoms with Gasteiger partial charge >= 0.3 is 0 Å². The molecule has 3 aromatic rings. The van der Waals surface area contributed by atoms with E-state index in [0.717, 1.165) is 29.4 Å². The Morgan fingerprint density at radius 2 is 2.00 bits per heavy atom. The van der Waals surface area contributed by atoms with Crippen molar-refractivity contribution in [2.24, 2.45) is 0 Å². The van der Waals surface area contributed by atoms with Gasteiger partial charge < -0.3 is 14.4 Å². The highest BCUT2D eigenvalue weighted by atomic mass is 16.5. The van der Waals surface area contributed by atoms with Crippen molar-refractivity contribution in [3.63, 3.8) is 0 Å². The number of rotatable bonds is 2. The summed E-state index contributed by atoms with van der Waals surface area (Å²) in [4.78, 5) is 26.3. The van der Waals surface area contributed by atoms with Crippen LogP contribution in [-0.4, -0.2) is 33.6 Å². The van der Waals surface area contributed by atoms with Crippen LogP contribution in [-0.2, 0) is 13.0 Å². The summed E-state index contributed by atoms with van der Waals surface area (Å²) in [6.45, 7) is 0.986. The summed E-state index contributed by atoms with van der Waals surface area (Å²) in [5.41, 5.74) is 4.39. The molecule has 7 heteroatoms. The Hall–Kier alpha value is -3.32. The number of furan rings is 1. The van der Waals surface area contributed by atoms with E-state index in [0.29, 0.717) is 24.2 Å². The summed E-state index contributed by atoms with van der Waals surface area (Å²) in [5.74, 6) is -0.286. The Morgan fingerprint density at radius 3 is 2.78 bits per heavy atom. The molecule has 0 atom stereocenters. The van der Waals surface area contributed by atoms with Gasteiger partial charge in [0, 0.05) is 30.1 Å². The number of fused-ring (bicyclic) bond motifs is 2. The number of carbonyl (C=O) groups excluding carboxylic acids is 2. The number of amides is 2. The molecule has 2 heterocycles. The van der Waals surface area contributed by atoms with Gasteiger partial charge in [-0.25, -0.2) is 5.48 Å². The van der Waals surface area contributed by atoms with Gasteiger partial charge in [0.2, 0.25) is 5.58 Å². The van der Waals surface area contributed by atoms with Gasteiger partial charge in [-0.1, -0.05) is 18.2 Å². The van der Waals surface area contributed by atoms with Crippen molar-refractivity contribution in [3.8, 4) is 5.75 Å². The molecule has 1 aromatic heterocycles. The van der Waals surface area contributed by atoms with Crippen LogP contribution in [0.2, 0.25) is 0 Å². The molecule has 0 spiro atoms. The zero-order valence-corrected chi connectivity index (χ0v) is 14.5. The highest BCUT2D eigenvalue weighted by Gasteiger charge is 2.24. The summed E-state index contributed by atoms with van der Waals surface area (Å²) in [5, 5.41) is 17.4. The molecule has 7 nitrogen and oxygen atoms in total. The first kappa shape index (κ1) is 17.1. The lowest BCUT2D eigenvalue weighted by atomic mass is 10.0. The van der Waals surface area contributed by atoms with Crippen LogP contribution in [0.4, 0.5) is 0 Å². The molecule has 2 aromatic carbocycles. The molecule has 1 aliphatic rings. The van der Waals surface area contributed by atoms with Crippen LogP contribution in [0.3, 0.4) is 0 Å². The molecule has 0 unspecified atom stereocenters. The Kier molecular flexibility index (Phi) is 4.29. The van der Waals surface area contributed by atoms with E-state index in [9.17, 15) is 9.59 Å². The highest BCUT2D eigenvalue weighted by Crippen LogP contribution is 2.29. The molecule has 0 fully saturated rings. The van der Waals surface area contributed by atoms with E-state index in [2.05, 4.69) is 0 Å². The number of carbonyl (C=O) groups is 2. The smallest absolute Gasteiger partial charge is 0.298 e. The molecule has 2 amide bonds. The maximum absolute atomic E-state index is 12.9. The van der Waals surface area contributed by atoms with Crippen molar-refractivity contribution in [3.05, 3.63) is 64.9 Å². The third-order valence-electron chi connectivity index (χ3n) is 4.85. The van der Waals surface area contributed by atoms with E-state index in [1.165, 1.54) is 0 Å². The molecule has 1 aliphatic heterocycles. The SMILES string of the molecule is O=C(NO)c1ccc2c(c1)CCCN(C(=O)c1cc3cccc([OH2+])c3o1)C2. The lowest BCUT2D eigenvalue weighted by Crippen LogP contribution is -2.30. The number of benzene rings is 2. The van der Waals surface area contributed by atoms with Gasteiger partial charge in [-0.05, 0) is 42.2 Å². The van der Waals surface area contributed by atoms with Gasteiger partial charge in [0.25, 0.3) is 17.6 Å². The monoisotopic (exact) mass is 367 g/mol. The third-order valence-corrected chi connectivity index (χ3v) is 4.85. The van der Waals surface area contributed by atoms with E-state index < -0.39 is 5.91 Å². The summed E-state index contributed by atoms with van der Waals surface area (Å²) >= 11 is 0. The molecule has 0 saturated heterocycles. The van der Waals surface area contributed by atoms with Crippen molar-refractivity contribution in [1.29, 1.82) is 0 Å². The lowest BCUT2D eigenvalue weighted by Gasteiger charge is -2.19. The summed E-state index contributed by atoms with van der Waals surface area (Å²) in [6.07, 6.45) is 1.50. The number of nitrogens with one attached hydrogen (secondary N) is 1. The van der Waals surface area contributed by atoms with Gasteiger partial charge in [-0.15, -0.1) is 0 Å². The maximum atomic E-state index is 12.9. The third kappa shape index (κ3) is 3.13. The number of para-hydroxylation sites is 1. The van der Waals surface area contributed by atoms with E-state index >= 15 is 0 Å². The van der Waals surface area contributed by atoms with Crippen LogP contribution < -0.4 is 5.48 Å². The Balaban J connectivity index is 1.61. The number of nitrogens with zero attached hydrogens (tertiary/aromatic N) is 1. The first-order chi connectivity index (χ1) is 13.1. The van der Waals surface area contributed by atoms with Crippen molar-refractivity contribution < 1.29 is 24.3 Å². The van der Waals surface area contributed by atoms with Crippen molar-refractivity contribution >= 4 is 22.8 Å². The van der Waals surface area contributed by atoms with E-state index in [1.54, 1.807) is 40.7 Å². The average molecular weight is 367 g/mol. The second-order valence-electron chi connectivity index (χ2n) is 6.59. The lowest BCUT2D eigenvalue weighted by molar-refractivity contribution is 0.0702. The quantitative estimate of drug-likeness (QED) is 0.412. The standard InChI is InChI=1S/C20H18N2O5/c23-16-5-1-3-13-10-17(27-18(13)16)20(25)22-8-2-4-12-9-14(19(24)21-26)6-7-15(12)11-22/h1,3,5-7,9-10,23,26H,2,4,8,11H2,(H,21,24)/p+1. The Labute approximate surface area is 154 Å². The van der Waals surface area contributed by atoms with Crippen LogP contribution >= 0.6 is 0 Å². The van der Waals surface area contributed by atoms with Gasteiger partial charge in [0.05, 0.1) is 0 Å². The normalized spacial score (nSPS) is 13.9. The maximum Gasteiger partial charge on any atom is 0.298 e. The predicted molar refractivity (Wildman–Crippen MR) is 98.0 cm³/mol. The van der Waals surface area contributed by atoms with Crippen molar-refractivity contribution in [1.82, 2.24) is 10.4 Å². The van der Waals surface area contributed by atoms with E-state index in [4.69, 9.17) is 14.7 Å². The fraction of sp³-hybridized carbons (Fsp3) is 0.200. The van der Waals surface area contributed by atoms with Crippen LogP contribution in [0.25, 0.3) is 11.0 Å². The molecule has 0 saturated carbocycles. The Bertz CT molecular complexity index is 1040. The molecule has 0 radical (unpaired) electrons. The van der Waals surface area contributed by atoms with Gasteiger partial charge in [-0.3, -0.25) is 14.8 Å². The molecule has 0 aliphatic carbocycles. The average Bonchev–Trinajstić information content (AvgIpc) is 3.01. The second kappa shape index (κ2) is 6.77. The fourth-order valence-corrected chi connectivity index (χ4v) is 3.46. The van der Waals surface area contributed by atoms with Crippen molar-refractivity contribution in [2.45, 2.75) is 19.4 Å². The minimum Gasteiger partial charge on any atom is -0.591 e. The largest absolute Gasteiger partial charge is 0.591 e. The minimum atomic E-state index is -0.552. The second-order valence-corrected chi connectivity index (χ2v) is 6.59. The van der Waals surface area contributed by atoms with E-state index in [1.807, 2.05) is 12.1 Å². The zero-order valence-electron chi connectivity index (χ0n) is 14.5. The van der Waals surface area contributed by atoms with E-state index in [-0.39, 0.29) is 17.4 Å². The summed E-state index contributed by atoms with van der Waals surface area (Å²) in [7, 11) is 0. The minimum absolute atomic E-state index is 0.212. The van der Waals surface area contributed by atoms with Crippen molar-refractivity contribution in [2.75, 3.05) is 6.54 Å². The number of hydrogen-bond donors (Lipinski definition) is 2. The fourth-order valence-electron chi connectivity index (χ4n) is 3.46. The first-order valence-corrected chi connectivity index (χ1v) is 8.66. The molecule has 138 valence electrons. The molecular formula is C20H19N2O5+. The highest BCUT2D eigenvalue weighted by molar-refractivity contribution is 5.97. The first-order valence-electron chi connectivity index (χ1n) is 8.66. The predicted octanol–water partition coefficient (Wildman–Crippen LogP) is 2.58. The number of hydroxylamine groups is 1. The summed E-state index contributed by atoms with van der Waals surface area (Å²) in [6, 6.07) is 12.1. The van der Waals surface area contributed by atoms with Crippen LogP contribution in [0, 0.1) is 0 Å². The van der Waals surface area contributed by atoms with Gasteiger partial charge in [-0.2, -0.15) is 0 Å². The number of aryl methyl sites for hydroxylation is 1. The van der Waals surface area contributed by atoms with Crippen LogP contribution in [0.1, 0.15) is 38.5 Å². The zero-order chi connectivity index (χ0) is 19.0. The molecule has 4 N–H and O–H groups in total. The van der Waals surface area contributed by atoms with Gasteiger partial charge in [0.15, 0.2) is 5.76 Å². The molecular weight excluding hydrogens is 348 g/mol. The molecule has 27 heavy (non-hydrogen) atoms. The number of hydrogen-bond acceptors (Lipinski definition) is 4.